The van der Waals surface area contributed by atoms with Gasteiger partial charge in [-0.25, -0.2) is 9.59 Å². The lowest BCUT2D eigenvalue weighted by atomic mass is 9.71. The van der Waals surface area contributed by atoms with Crippen LogP contribution in [0.25, 0.3) is 5.57 Å². The maximum absolute atomic E-state index is 11.8. The average Bonchev–Trinajstić information content (AvgIpc) is 2.80. The summed E-state index contributed by atoms with van der Waals surface area (Å²) in [6.07, 6.45) is 5.91. The van der Waals surface area contributed by atoms with Gasteiger partial charge in [-0.3, -0.25) is 0 Å². The van der Waals surface area contributed by atoms with Gasteiger partial charge in [0.1, 0.15) is 5.94 Å². The predicted octanol–water partition coefficient (Wildman–Crippen LogP) is 5.39. The number of allylic oxidation sites excluding steroid dienone is 6. The SMILES string of the molecule is CC(C(=O)O)=C(C1=CCC(=C=O)C=C1)c1ccc2c(c1)C(C)(C)C(C)C2(C)C. The Morgan fingerprint density at radius 2 is 1.75 bits per heavy atom. The van der Waals surface area contributed by atoms with E-state index in [1.165, 1.54) is 11.1 Å². The van der Waals surface area contributed by atoms with Crippen LogP contribution in [0.4, 0.5) is 0 Å². The molecule has 2 aliphatic carbocycles. The maximum atomic E-state index is 11.8. The second kappa shape index (κ2) is 6.76. The molecule has 0 fully saturated rings. The van der Waals surface area contributed by atoms with E-state index < -0.39 is 5.97 Å². The van der Waals surface area contributed by atoms with Gasteiger partial charge in [0.15, 0.2) is 0 Å². The minimum Gasteiger partial charge on any atom is -0.478 e. The zero-order valence-electron chi connectivity index (χ0n) is 17.5. The first-order valence-corrected chi connectivity index (χ1v) is 9.74. The van der Waals surface area contributed by atoms with Crippen LogP contribution in [0, 0.1) is 5.92 Å². The molecule has 1 unspecified atom stereocenters. The van der Waals surface area contributed by atoms with Crippen LogP contribution in [-0.2, 0) is 20.4 Å². The Labute approximate surface area is 167 Å². The molecule has 0 aromatic heterocycles. The topological polar surface area (TPSA) is 54.4 Å². The fourth-order valence-corrected chi connectivity index (χ4v) is 4.68. The lowest BCUT2D eigenvalue weighted by molar-refractivity contribution is -0.132. The monoisotopic (exact) mass is 376 g/mol. The van der Waals surface area contributed by atoms with Gasteiger partial charge in [-0.15, -0.1) is 0 Å². The van der Waals surface area contributed by atoms with Gasteiger partial charge in [0.25, 0.3) is 0 Å². The van der Waals surface area contributed by atoms with Crippen LogP contribution in [0.2, 0.25) is 0 Å². The lowest BCUT2D eigenvalue weighted by Gasteiger charge is -2.32. The number of rotatable bonds is 3. The Balaban J connectivity index is 2.20. The van der Waals surface area contributed by atoms with Gasteiger partial charge in [0.2, 0.25) is 0 Å². The Bertz CT molecular complexity index is 993. The van der Waals surface area contributed by atoms with Crippen molar-refractivity contribution in [2.24, 2.45) is 5.92 Å². The van der Waals surface area contributed by atoms with Crippen molar-refractivity contribution in [3.8, 4) is 0 Å². The van der Waals surface area contributed by atoms with Gasteiger partial charge in [-0.05, 0) is 57.6 Å². The molecule has 28 heavy (non-hydrogen) atoms. The van der Waals surface area contributed by atoms with E-state index in [0.29, 0.717) is 29.1 Å². The quantitative estimate of drug-likeness (QED) is 0.568. The number of benzene rings is 1. The molecule has 1 aromatic rings. The second-order valence-electron chi connectivity index (χ2n) is 9.05. The van der Waals surface area contributed by atoms with Crippen LogP contribution >= 0.6 is 0 Å². The number of carbonyl (C=O) groups is 1. The van der Waals surface area contributed by atoms with Crippen molar-refractivity contribution in [2.45, 2.75) is 58.8 Å². The highest BCUT2D eigenvalue weighted by Crippen LogP contribution is 2.54. The second-order valence-corrected chi connectivity index (χ2v) is 9.05. The minimum absolute atomic E-state index is 0.00128. The molecular formula is C25H28O3. The van der Waals surface area contributed by atoms with Gasteiger partial charge in [0, 0.05) is 17.6 Å². The third-order valence-corrected chi connectivity index (χ3v) is 6.98. The summed E-state index contributed by atoms with van der Waals surface area (Å²) >= 11 is 0. The van der Waals surface area contributed by atoms with Crippen LogP contribution in [0.3, 0.4) is 0 Å². The first-order chi connectivity index (χ1) is 13.0. The van der Waals surface area contributed by atoms with Crippen LogP contribution in [-0.4, -0.2) is 17.0 Å². The maximum Gasteiger partial charge on any atom is 0.331 e. The summed E-state index contributed by atoms with van der Waals surface area (Å²) in [7, 11) is 0. The Kier molecular flexibility index (Phi) is 4.85. The summed E-state index contributed by atoms with van der Waals surface area (Å²) in [5, 5.41) is 9.69. The molecule has 0 aliphatic heterocycles. The Morgan fingerprint density at radius 3 is 2.29 bits per heavy atom. The normalized spacial score (nSPS) is 22.9. The van der Waals surface area contributed by atoms with Gasteiger partial charge in [-0.2, -0.15) is 0 Å². The van der Waals surface area contributed by atoms with E-state index in [2.05, 4.69) is 46.8 Å². The molecule has 1 atom stereocenters. The van der Waals surface area contributed by atoms with Crippen molar-refractivity contribution in [3.05, 3.63) is 69.8 Å². The van der Waals surface area contributed by atoms with Crippen molar-refractivity contribution in [3.63, 3.8) is 0 Å². The van der Waals surface area contributed by atoms with Crippen LogP contribution in [0.1, 0.15) is 64.7 Å². The third-order valence-electron chi connectivity index (χ3n) is 6.98. The molecule has 0 saturated heterocycles. The highest BCUT2D eigenvalue weighted by molar-refractivity contribution is 6.01. The molecule has 3 nitrogen and oxygen atoms in total. The van der Waals surface area contributed by atoms with Crippen molar-refractivity contribution < 1.29 is 14.7 Å². The van der Waals surface area contributed by atoms with Gasteiger partial charge in [0.05, 0.1) is 0 Å². The standard InChI is InChI=1S/C25H28O3/c1-15(23(27)28)22(18-9-7-17(14-26)8-10-18)19-11-12-20-21(13-19)25(5,6)16(2)24(20,3)4/h7,9-13,16H,8H2,1-6H3,(H,27,28). The molecule has 0 radical (unpaired) electrons. The predicted molar refractivity (Wildman–Crippen MR) is 113 cm³/mol. The number of hydrogen-bond donors (Lipinski definition) is 1. The minimum atomic E-state index is -0.936. The molecule has 0 spiro atoms. The Hall–Kier alpha value is -2.64. The number of carboxylic acids is 1. The van der Waals surface area contributed by atoms with Crippen LogP contribution in [0.15, 0.2) is 53.1 Å². The summed E-state index contributed by atoms with van der Waals surface area (Å²) in [4.78, 5) is 22.7. The number of aliphatic carboxylic acids is 1. The molecule has 3 rings (SSSR count). The zero-order valence-corrected chi connectivity index (χ0v) is 17.5. The van der Waals surface area contributed by atoms with Gasteiger partial charge in [-0.1, -0.05) is 65.0 Å². The van der Waals surface area contributed by atoms with Gasteiger partial charge >= 0.3 is 5.97 Å². The molecule has 1 N–H and O–H groups in total. The first kappa shape index (κ1) is 20.1. The lowest BCUT2D eigenvalue weighted by Crippen LogP contribution is -2.30. The number of fused-ring (bicyclic) bond motifs is 1. The molecule has 146 valence electrons. The van der Waals surface area contributed by atoms with E-state index in [0.717, 1.165) is 11.1 Å². The van der Waals surface area contributed by atoms with E-state index >= 15 is 0 Å². The zero-order chi connectivity index (χ0) is 20.9. The molecular weight excluding hydrogens is 348 g/mol. The van der Waals surface area contributed by atoms with Crippen LogP contribution < -0.4 is 0 Å². The number of carbonyl (C=O) groups excluding carboxylic acids is 1. The van der Waals surface area contributed by atoms with Gasteiger partial charge < -0.3 is 5.11 Å². The number of hydrogen-bond acceptors (Lipinski definition) is 2. The molecule has 2 aliphatic rings. The van der Waals surface area contributed by atoms with E-state index in [9.17, 15) is 14.7 Å². The fourth-order valence-electron chi connectivity index (χ4n) is 4.68. The van der Waals surface area contributed by atoms with Crippen LogP contribution in [0.5, 0.6) is 0 Å². The molecule has 0 amide bonds. The molecule has 3 heteroatoms. The smallest absolute Gasteiger partial charge is 0.331 e. The average molecular weight is 376 g/mol. The van der Waals surface area contributed by atoms with Crippen molar-refractivity contribution in [2.75, 3.05) is 0 Å². The highest BCUT2D eigenvalue weighted by Gasteiger charge is 2.48. The highest BCUT2D eigenvalue weighted by atomic mass is 16.4. The van der Waals surface area contributed by atoms with Crippen molar-refractivity contribution >= 4 is 17.5 Å². The summed E-state index contributed by atoms with van der Waals surface area (Å²) < 4.78 is 0. The van der Waals surface area contributed by atoms with Crippen molar-refractivity contribution in [1.29, 1.82) is 0 Å². The summed E-state index contributed by atoms with van der Waals surface area (Å²) in [5.41, 5.74) is 6.02. The Morgan fingerprint density at radius 1 is 1.11 bits per heavy atom. The largest absolute Gasteiger partial charge is 0.478 e. The summed E-state index contributed by atoms with van der Waals surface area (Å²) in [6, 6.07) is 6.37. The van der Waals surface area contributed by atoms with E-state index in [-0.39, 0.29) is 10.8 Å². The molecule has 1 aromatic carbocycles. The summed E-state index contributed by atoms with van der Waals surface area (Å²) in [5.74, 6) is 1.45. The van der Waals surface area contributed by atoms with Crippen molar-refractivity contribution in [1.82, 2.24) is 0 Å². The number of carboxylic acid groups (broad SMARTS) is 1. The first-order valence-electron chi connectivity index (χ1n) is 9.74. The molecule has 0 heterocycles. The third kappa shape index (κ3) is 3.00. The fraction of sp³-hybridized carbons (Fsp3) is 0.400. The van der Waals surface area contributed by atoms with E-state index in [4.69, 9.17) is 0 Å². The summed E-state index contributed by atoms with van der Waals surface area (Å²) in [6.45, 7) is 13.0. The molecule has 0 saturated carbocycles. The van der Waals surface area contributed by atoms with E-state index in [1.54, 1.807) is 13.0 Å². The van der Waals surface area contributed by atoms with E-state index in [1.807, 2.05) is 24.2 Å². The molecule has 0 bridgehead atoms.